The van der Waals surface area contributed by atoms with E-state index >= 15 is 0 Å². The van der Waals surface area contributed by atoms with Gasteiger partial charge in [-0.2, -0.15) is 0 Å². The van der Waals surface area contributed by atoms with Gasteiger partial charge >= 0.3 is 5.97 Å². The van der Waals surface area contributed by atoms with Gasteiger partial charge in [-0.05, 0) is 33.2 Å². The largest absolute Gasteiger partial charge is 0.462 e. The number of aromatic nitrogens is 2. The van der Waals surface area contributed by atoms with Crippen molar-refractivity contribution < 1.29 is 14.3 Å². The van der Waals surface area contributed by atoms with E-state index in [9.17, 15) is 4.79 Å². The van der Waals surface area contributed by atoms with Gasteiger partial charge in [0.2, 0.25) is 5.95 Å². The Labute approximate surface area is 137 Å². The molecule has 2 heterocycles. The molecular weight excluding hydrogens is 296 g/mol. The molecule has 0 aliphatic carbocycles. The quantitative estimate of drug-likeness (QED) is 0.762. The predicted octanol–water partition coefficient (Wildman–Crippen LogP) is 1.48. The van der Waals surface area contributed by atoms with Crippen molar-refractivity contribution in [3.8, 4) is 0 Å². The highest BCUT2D eigenvalue weighted by Crippen LogP contribution is 2.15. The lowest BCUT2D eigenvalue weighted by atomic mass is 10.1. The fourth-order valence-electron chi connectivity index (χ4n) is 2.73. The van der Waals surface area contributed by atoms with Crippen LogP contribution in [0.5, 0.6) is 0 Å². The van der Waals surface area contributed by atoms with Crippen LogP contribution in [0.3, 0.4) is 0 Å². The molecule has 2 rings (SSSR count). The molecule has 0 saturated carbocycles. The molecule has 7 nitrogen and oxygen atoms in total. The number of nitrogens with zero attached hydrogens (tertiary/aromatic N) is 3. The smallest absolute Gasteiger partial charge is 0.341 e. The van der Waals surface area contributed by atoms with E-state index in [2.05, 4.69) is 20.2 Å². The lowest BCUT2D eigenvalue weighted by Crippen LogP contribution is -2.43. The fraction of sp³-hybridized carbons (Fsp3) is 0.688. The monoisotopic (exact) mass is 322 g/mol. The van der Waals surface area contributed by atoms with Crippen LogP contribution in [0.4, 0.5) is 5.95 Å². The summed E-state index contributed by atoms with van der Waals surface area (Å²) in [6, 6.07) is 0.313. The summed E-state index contributed by atoms with van der Waals surface area (Å²) in [4.78, 5) is 22.8. The summed E-state index contributed by atoms with van der Waals surface area (Å²) in [7, 11) is 1.72. The molecule has 1 fully saturated rings. The molecule has 0 bridgehead atoms. The average Bonchev–Trinajstić information content (AvgIpc) is 2.53. The Morgan fingerprint density at radius 1 is 1.52 bits per heavy atom. The molecule has 1 saturated heterocycles. The summed E-state index contributed by atoms with van der Waals surface area (Å²) >= 11 is 0. The molecule has 1 aromatic heterocycles. The molecule has 1 aliphatic heterocycles. The van der Waals surface area contributed by atoms with Crippen molar-refractivity contribution in [2.75, 3.05) is 45.3 Å². The zero-order chi connectivity index (χ0) is 16.7. The molecule has 1 atom stereocenters. The Hall–Kier alpha value is -1.73. The van der Waals surface area contributed by atoms with Crippen LogP contribution in [0.1, 0.15) is 35.8 Å². The number of methoxy groups -OCH3 is 1. The lowest BCUT2D eigenvalue weighted by molar-refractivity contribution is 0.0524. The van der Waals surface area contributed by atoms with E-state index in [1.54, 1.807) is 21.0 Å². The second-order valence-electron chi connectivity index (χ2n) is 5.69. The van der Waals surface area contributed by atoms with E-state index in [1.807, 2.05) is 0 Å². The molecule has 0 spiro atoms. The topological polar surface area (TPSA) is 76.6 Å². The van der Waals surface area contributed by atoms with Gasteiger partial charge in [0, 0.05) is 32.4 Å². The Morgan fingerprint density at radius 2 is 2.35 bits per heavy atom. The van der Waals surface area contributed by atoms with Crippen LogP contribution in [-0.4, -0.2) is 66.8 Å². The number of carbonyl (C=O) groups excluding carboxylic acids is 1. The minimum atomic E-state index is -0.375. The van der Waals surface area contributed by atoms with Crippen LogP contribution in [0, 0.1) is 6.92 Å². The van der Waals surface area contributed by atoms with Crippen LogP contribution in [-0.2, 0) is 9.47 Å². The highest BCUT2D eigenvalue weighted by Gasteiger charge is 2.21. The number of likely N-dealkylation sites (tertiary alicyclic amines) is 1. The molecule has 23 heavy (non-hydrogen) atoms. The average molecular weight is 322 g/mol. The van der Waals surface area contributed by atoms with Crippen LogP contribution < -0.4 is 5.32 Å². The highest BCUT2D eigenvalue weighted by atomic mass is 16.5. The molecule has 0 amide bonds. The molecule has 0 aromatic carbocycles. The Bertz CT molecular complexity index is 524. The number of rotatable bonds is 7. The summed E-state index contributed by atoms with van der Waals surface area (Å²) < 4.78 is 10.1. The van der Waals surface area contributed by atoms with Crippen LogP contribution in [0.2, 0.25) is 0 Å². The first-order chi connectivity index (χ1) is 11.1. The molecule has 1 aromatic rings. The third-order valence-corrected chi connectivity index (χ3v) is 3.93. The first-order valence-electron chi connectivity index (χ1n) is 8.12. The van der Waals surface area contributed by atoms with Gasteiger partial charge in [0.15, 0.2) is 0 Å². The van der Waals surface area contributed by atoms with Gasteiger partial charge in [0.25, 0.3) is 0 Å². The van der Waals surface area contributed by atoms with Gasteiger partial charge < -0.3 is 14.8 Å². The third kappa shape index (κ3) is 5.14. The van der Waals surface area contributed by atoms with Crippen molar-refractivity contribution in [3.63, 3.8) is 0 Å². The van der Waals surface area contributed by atoms with Gasteiger partial charge in [0.1, 0.15) is 0 Å². The van der Waals surface area contributed by atoms with Gasteiger partial charge in [-0.25, -0.2) is 14.8 Å². The first-order valence-corrected chi connectivity index (χ1v) is 8.12. The minimum absolute atomic E-state index is 0.313. The normalized spacial score (nSPS) is 18.7. The number of hydrogen-bond donors (Lipinski definition) is 1. The summed E-state index contributed by atoms with van der Waals surface area (Å²) in [6.07, 6.45) is 3.76. The Kier molecular flexibility index (Phi) is 6.73. The molecule has 128 valence electrons. The third-order valence-electron chi connectivity index (χ3n) is 3.93. The molecule has 0 unspecified atom stereocenters. The van der Waals surface area contributed by atoms with Gasteiger partial charge in [-0.15, -0.1) is 0 Å². The van der Waals surface area contributed by atoms with Crippen molar-refractivity contribution in [1.82, 2.24) is 14.9 Å². The molecule has 7 heteroatoms. The predicted molar refractivity (Wildman–Crippen MR) is 87.7 cm³/mol. The fourth-order valence-corrected chi connectivity index (χ4v) is 2.73. The summed E-state index contributed by atoms with van der Waals surface area (Å²) in [5.41, 5.74) is 1.05. The van der Waals surface area contributed by atoms with Crippen molar-refractivity contribution in [3.05, 3.63) is 17.5 Å². The zero-order valence-electron chi connectivity index (χ0n) is 14.2. The summed E-state index contributed by atoms with van der Waals surface area (Å²) in [5, 5.41) is 3.37. The number of nitrogens with one attached hydrogen (secondary N) is 1. The van der Waals surface area contributed by atoms with E-state index in [0.717, 1.165) is 39.1 Å². The molecule has 1 N–H and O–H groups in total. The highest BCUT2D eigenvalue weighted by molar-refractivity contribution is 5.90. The van der Waals surface area contributed by atoms with Gasteiger partial charge in [-0.1, -0.05) is 0 Å². The zero-order valence-corrected chi connectivity index (χ0v) is 14.2. The standard InChI is InChI=1S/C16H26N4O3/c1-4-23-15(21)14-10-17-16(18-12(14)2)19-13-6-5-7-20(11-13)8-9-22-3/h10,13H,4-9,11H2,1-3H3,(H,17,18,19)/t13-/m0/s1. The molecule has 1 aliphatic rings. The number of aryl methyl sites for hydroxylation is 1. The maximum Gasteiger partial charge on any atom is 0.341 e. The molecular formula is C16H26N4O3. The second kappa shape index (κ2) is 8.79. The van der Waals surface area contributed by atoms with Gasteiger partial charge in [-0.3, -0.25) is 4.90 Å². The second-order valence-corrected chi connectivity index (χ2v) is 5.69. The summed E-state index contributed by atoms with van der Waals surface area (Å²) in [6.45, 7) is 7.66. The van der Waals surface area contributed by atoms with Gasteiger partial charge in [0.05, 0.1) is 24.5 Å². The first kappa shape index (κ1) is 17.6. The van der Waals surface area contributed by atoms with E-state index in [4.69, 9.17) is 9.47 Å². The maximum absolute atomic E-state index is 11.8. The van der Waals surface area contributed by atoms with Crippen molar-refractivity contribution in [2.45, 2.75) is 32.7 Å². The van der Waals surface area contributed by atoms with E-state index in [1.165, 1.54) is 6.20 Å². The van der Waals surface area contributed by atoms with Crippen LogP contribution >= 0.6 is 0 Å². The SMILES string of the molecule is CCOC(=O)c1cnc(N[C@H]2CCCN(CCOC)C2)nc1C. The van der Waals surface area contributed by atoms with E-state index < -0.39 is 0 Å². The summed E-state index contributed by atoms with van der Waals surface area (Å²) in [5.74, 6) is 0.189. The lowest BCUT2D eigenvalue weighted by Gasteiger charge is -2.32. The number of ether oxygens (including phenoxy) is 2. The number of esters is 1. The van der Waals surface area contributed by atoms with Crippen molar-refractivity contribution in [2.24, 2.45) is 0 Å². The number of hydrogen-bond acceptors (Lipinski definition) is 7. The van der Waals surface area contributed by atoms with Crippen molar-refractivity contribution >= 4 is 11.9 Å². The number of piperidine rings is 1. The Balaban J connectivity index is 1.94. The maximum atomic E-state index is 11.8. The van der Waals surface area contributed by atoms with Crippen LogP contribution in [0.25, 0.3) is 0 Å². The van der Waals surface area contributed by atoms with Crippen LogP contribution in [0.15, 0.2) is 6.20 Å². The minimum Gasteiger partial charge on any atom is -0.462 e. The van der Waals surface area contributed by atoms with E-state index in [-0.39, 0.29) is 5.97 Å². The van der Waals surface area contributed by atoms with Crippen molar-refractivity contribution in [1.29, 1.82) is 0 Å². The Morgan fingerprint density at radius 3 is 3.04 bits per heavy atom. The number of anilines is 1. The van der Waals surface area contributed by atoms with E-state index in [0.29, 0.717) is 29.9 Å². The molecule has 0 radical (unpaired) electrons. The number of carbonyl (C=O) groups is 1.